The number of nitrogens with zero attached hydrogens (tertiary/aromatic N) is 2. The summed E-state index contributed by atoms with van der Waals surface area (Å²) in [6, 6.07) is 17.9. The van der Waals surface area contributed by atoms with Gasteiger partial charge in [-0.05, 0) is 36.3 Å². The van der Waals surface area contributed by atoms with Crippen LogP contribution in [0.15, 0.2) is 60.9 Å². The van der Waals surface area contributed by atoms with E-state index in [1.807, 2.05) is 66.1 Å². The lowest BCUT2D eigenvalue weighted by Crippen LogP contribution is -2.09. The lowest BCUT2D eigenvalue weighted by molar-refractivity contribution is 0.0594. The molecule has 0 atom stereocenters. The molecule has 3 aromatic rings. The van der Waals surface area contributed by atoms with E-state index in [0.29, 0.717) is 25.3 Å². The molecule has 1 heterocycles. The lowest BCUT2D eigenvalue weighted by atomic mass is 10.1. The van der Waals surface area contributed by atoms with Crippen molar-refractivity contribution in [1.29, 1.82) is 0 Å². The number of aromatic nitrogens is 2. The number of rotatable bonds is 9. The van der Waals surface area contributed by atoms with Crippen molar-refractivity contribution in [3.8, 4) is 5.75 Å². The van der Waals surface area contributed by atoms with Gasteiger partial charge in [0.2, 0.25) is 0 Å². The number of methoxy groups -OCH3 is 2. The molecule has 0 aliphatic heterocycles. The van der Waals surface area contributed by atoms with Gasteiger partial charge in [0.05, 0.1) is 32.8 Å². The molecule has 0 unspecified atom stereocenters. The number of imidazole rings is 1. The molecule has 0 radical (unpaired) electrons. The molecule has 3 rings (SSSR count). The van der Waals surface area contributed by atoms with E-state index in [9.17, 15) is 4.79 Å². The normalized spacial score (nSPS) is 10.9. The minimum absolute atomic E-state index is 0.271. The van der Waals surface area contributed by atoms with Crippen molar-refractivity contribution >= 4 is 12.0 Å². The molecule has 0 saturated heterocycles. The van der Waals surface area contributed by atoms with Gasteiger partial charge in [0.15, 0.2) is 5.69 Å². The number of ether oxygens (including phenoxy) is 3. The van der Waals surface area contributed by atoms with Crippen LogP contribution in [-0.2, 0) is 22.4 Å². The van der Waals surface area contributed by atoms with Crippen LogP contribution in [0.3, 0.4) is 0 Å². The van der Waals surface area contributed by atoms with Gasteiger partial charge in [-0.3, -0.25) is 0 Å². The molecule has 2 aromatic carbocycles. The minimum atomic E-state index is -0.478. The van der Waals surface area contributed by atoms with E-state index < -0.39 is 5.97 Å². The predicted octanol–water partition coefficient (Wildman–Crippen LogP) is 4.32. The smallest absolute Gasteiger partial charge is 0.358 e. The van der Waals surface area contributed by atoms with E-state index in [4.69, 9.17) is 14.2 Å². The Morgan fingerprint density at radius 2 is 1.77 bits per heavy atom. The molecule has 156 valence electrons. The van der Waals surface area contributed by atoms with Crippen LogP contribution in [0.1, 0.15) is 40.1 Å². The van der Waals surface area contributed by atoms with Crippen molar-refractivity contribution in [2.75, 3.05) is 20.8 Å². The Labute approximate surface area is 176 Å². The largest absolute Gasteiger partial charge is 0.501 e. The van der Waals surface area contributed by atoms with Crippen molar-refractivity contribution in [3.63, 3.8) is 0 Å². The van der Waals surface area contributed by atoms with Gasteiger partial charge in [0, 0.05) is 13.0 Å². The van der Waals surface area contributed by atoms with Gasteiger partial charge in [0.1, 0.15) is 11.6 Å². The maximum absolute atomic E-state index is 12.4. The highest BCUT2D eigenvalue weighted by Crippen LogP contribution is 2.21. The molecule has 0 amide bonds. The summed E-state index contributed by atoms with van der Waals surface area (Å²) < 4.78 is 17.6. The summed E-state index contributed by atoms with van der Waals surface area (Å²) in [6.07, 6.45) is 3.94. The number of esters is 1. The second-order valence-corrected chi connectivity index (χ2v) is 6.61. The summed E-state index contributed by atoms with van der Waals surface area (Å²) in [5, 5.41) is 0. The van der Waals surface area contributed by atoms with Crippen LogP contribution < -0.4 is 4.74 Å². The van der Waals surface area contributed by atoms with Gasteiger partial charge in [-0.15, -0.1) is 0 Å². The van der Waals surface area contributed by atoms with Crippen molar-refractivity contribution in [2.45, 2.75) is 19.9 Å². The summed E-state index contributed by atoms with van der Waals surface area (Å²) >= 11 is 0. The number of carbonyl (C=O) groups is 1. The van der Waals surface area contributed by atoms with E-state index >= 15 is 0 Å². The van der Waals surface area contributed by atoms with Crippen LogP contribution in [0, 0.1) is 0 Å². The number of benzene rings is 2. The Morgan fingerprint density at radius 1 is 1.03 bits per heavy atom. The highest BCUT2D eigenvalue weighted by Gasteiger charge is 2.22. The Morgan fingerprint density at radius 3 is 2.40 bits per heavy atom. The molecule has 0 aliphatic carbocycles. The Balaban J connectivity index is 2.07. The predicted molar refractivity (Wildman–Crippen MR) is 116 cm³/mol. The van der Waals surface area contributed by atoms with Crippen LogP contribution >= 0.6 is 0 Å². The number of carbonyl (C=O) groups excluding carboxylic acids is 1. The Hall–Kier alpha value is -3.54. The number of hydrogen-bond donors (Lipinski definition) is 0. The fourth-order valence-electron chi connectivity index (χ4n) is 3.14. The Kier molecular flexibility index (Phi) is 7.27. The monoisotopic (exact) mass is 406 g/mol. The molecule has 6 nitrogen and oxygen atoms in total. The van der Waals surface area contributed by atoms with Gasteiger partial charge in [-0.1, -0.05) is 42.5 Å². The van der Waals surface area contributed by atoms with Crippen LogP contribution in [0.5, 0.6) is 5.75 Å². The summed E-state index contributed by atoms with van der Waals surface area (Å²) in [7, 11) is 3.00. The van der Waals surface area contributed by atoms with Gasteiger partial charge in [0.25, 0.3) is 0 Å². The quantitative estimate of drug-likeness (QED) is 0.391. The first kappa shape index (κ1) is 21.2. The van der Waals surface area contributed by atoms with Crippen LogP contribution in [0.25, 0.3) is 6.08 Å². The molecular formula is C24H26N2O4. The first-order chi connectivity index (χ1) is 14.7. The third-order valence-corrected chi connectivity index (χ3v) is 4.66. The standard InChI is InChI=1S/C24H26N2O4/c1-4-30-15-14-21-23(24(27)29-3)25-22(16-18-8-6-5-7-9-18)26(21)17-19-10-12-20(28-2)13-11-19/h5-15H,4,16-17H2,1-3H3/b15-14+. The van der Waals surface area contributed by atoms with Crippen LogP contribution in [0.4, 0.5) is 0 Å². The van der Waals surface area contributed by atoms with Crippen LogP contribution in [-0.4, -0.2) is 36.3 Å². The van der Waals surface area contributed by atoms with Crippen LogP contribution in [0.2, 0.25) is 0 Å². The summed E-state index contributed by atoms with van der Waals surface area (Å²) in [5.74, 6) is 1.09. The average Bonchev–Trinajstić information content (AvgIpc) is 3.11. The summed E-state index contributed by atoms with van der Waals surface area (Å²) in [5.41, 5.74) is 3.09. The molecule has 1 aromatic heterocycles. The molecule has 30 heavy (non-hydrogen) atoms. The lowest BCUT2D eigenvalue weighted by Gasteiger charge is -2.12. The van der Waals surface area contributed by atoms with Crippen molar-refractivity contribution in [3.05, 3.63) is 89.2 Å². The molecule has 0 aliphatic rings. The first-order valence-corrected chi connectivity index (χ1v) is 9.79. The van der Waals surface area contributed by atoms with Gasteiger partial charge >= 0.3 is 5.97 Å². The second-order valence-electron chi connectivity index (χ2n) is 6.61. The van der Waals surface area contributed by atoms with E-state index in [-0.39, 0.29) is 5.69 Å². The molecule has 6 heteroatoms. The molecule has 0 bridgehead atoms. The topological polar surface area (TPSA) is 62.6 Å². The zero-order chi connectivity index (χ0) is 21.3. The summed E-state index contributed by atoms with van der Waals surface area (Å²) in [6.45, 7) is 2.98. The van der Waals surface area contributed by atoms with E-state index in [1.165, 1.54) is 7.11 Å². The highest BCUT2D eigenvalue weighted by atomic mass is 16.5. The molecule has 0 spiro atoms. The maximum atomic E-state index is 12.4. The van der Waals surface area contributed by atoms with Crippen molar-refractivity contribution in [1.82, 2.24) is 9.55 Å². The van der Waals surface area contributed by atoms with Crippen molar-refractivity contribution in [2.24, 2.45) is 0 Å². The maximum Gasteiger partial charge on any atom is 0.358 e. The average molecular weight is 406 g/mol. The molecule has 0 N–H and O–H groups in total. The SMILES string of the molecule is CCO/C=C/c1c(C(=O)OC)nc(Cc2ccccc2)n1Cc1ccc(OC)cc1. The molecule has 0 saturated carbocycles. The summed E-state index contributed by atoms with van der Waals surface area (Å²) in [4.78, 5) is 17.1. The number of hydrogen-bond acceptors (Lipinski definition) is 5. The van der Waals surface area contributed by atoms with Gasteiger partial charge in [-0.2, -0.15) is 0 Å². The molecular weight excluding hydrogens is 380 g/mol. The van der Waals surface area contributed by atoms with Crippen molar-refractivity contribution < 1.29 is 19.0 Å². The zero-order valence-electron chi connectivity index (χ0n) is 17.5. The van der Waals surface area contributed by atoms with E-state index in [0.717, 1.165) is 22.7 Å². The third-order valence-electron chi connectivity index (χ3n) is 4.66. The zero-order valence-corrected chi connectivity index (χ0v) is 17.5. The fourth-order valence-corrected chi connectivity index (χ4v) is 3.14. The Bertz CT molecular complexity index is 992. The van der Waals surface area contributed by atoms with E-state index in [1.54, 1.807) is 19.4 Å². The third kappa shape index (κ3) is 5.08. The van der Waals surface area contributed by atoms with Gasteiger partial charge < -0.3 is 18.8 Å². The second kappa shape index (κ2) is 10.3. The first-order valence-electron chi connectivity index (χ1n) is 9.79. The minimum Gasteiger partial charge on any atom is -0.501 e. The highest BCUT2D eigenvalue weighted by molar-refractivity contribution is 5.91. The van der Waals surface area contributed by atoms with E-state index in [2.05, 4.69) is 4.98 Å². The van der Waals surface area contributed by atoms with Gasteiger partial charge in [-0.25, -0.2) is 9.78 Å². The fraction of sp³-hybridized carbons (Fsp3) is 0.250. The molecule has 0 fully saturated rings.